The van der Waals surface area contributed by atoms with Gasteiger partial charge in [-0.1, -0.05) is 18.2 Å². The highest BCUT2D eigenvalue weighted by molar-refractivity contribution is 5.77. The summed E-state index contributed by atoms with van der Waals surface area (Å²) in [6.45, 7) is 0. The van der Waals surface area contributed by atoms with Gasteiger partial charge < -0.3 is 9.47 Å². The minimum absolute atomic E-state index is 0.111. The molecule has 3 nitrogen and oxygen atoms in total. The van der Waals surface area contributed by atoms with Crippen molar-refractivity contribution < 1.29 is 14.3 Å². The van der Waals surface area contributed by atoms with Crippen LogP contribution in [-0.4, -0.2) is 5.97 Å². The molecule has 0 unspecified atom stereocenters. The van der Waals surface area contributed by atoms with Crippen molar-refractivity contribution in [3.8, 4) is 17.2 Å². The largest absolute Gasteiger partial charge is 0.457 e. The number of benzene rings is 2. The van der Waals surface area contributed by atoms with Crippen LogP contribution >= 0.6 is 0 Å². The molecule has 1 saturated carbocycles. The van der Waals surface area contributed by atoms with Crippen LogP contribution in [-0.2, 0) is 4.79 Å². The van der Waals surface area contributed by atoms with E-state index in [0.29, 0.717) is 5.75 Å². The fourth-order valence-corrected chi connectivity index (χ4v) is 1.72. The van der Waals surface area contributed by atoms with Crippen LogP contribution in [0, 0.1) is 5.92 Å². The van der Waals surface area contributed by atoms with Gasteiger partial charge in [-0.15, -0.1) is 0 Å². The maximum Gasteiger partial charge on any atom is 0.314 e. The Balaban J connectivity index is 1.63. The van der Waals surface area contributed by atoms with E-state index >= 15 is 0 Å². The van der Waals surface area contributed by atoms with Gasteiger partial charge in [0.25, 0.3) is 0 Å². The van der Waals surface area contributed by atoms with Gasteiger partial charge in [-0.2, -0.15) is 0 Å². The van der Waals surface area contributed by atoms with Gasteiger partial charge in [-0.3, -0.25) is 4.79 Å². The summed E-state index contributed by atoms with van der Waals surface area (Å²) in [4.78, 5) is 11.5. The number of carbonyl (C=O) groups excluding carboxylic acids is 1. The molecule has 1 fully saturated rings. The fourth-order valence-electron chi connectivity index (χ4n) is 1.72. The van der Waals surface area contributed by atoms with E-state index in [4.69, 9.17) is 9.47 Å². The number of hydrogen-bond acceptors (Lipinski definition) is 3. The van der Waals surface area contributed by atoms with Crippen molar-refractivity contribution in [1.82, 2.24) is 0 Å². The molecule has 0 bridgehead atoms. The zero-order valence-corrected chi connectivity index (χ0v) is 10.4. The second-order valence-electron chi connectivity index (χ2n) is 4.58. The number of esters is 1. The summed E-state index contributed by atoms with van der Waals surface area (Å²) in [5.41, 5.74) is 0. The van der Waals surface area contributed by atoms with Crippen LogP contribution in [0.15, 0.2) is 54.6 Å². The summed E-state index contributed by atoms with van der Waals surface area (Å²) in [7, 11) is 0. The zero-order chi connectivity index (χ0) is 13.1. The second kappa shape index (κ2) is 5.14. The van der Waals surface area contributed by atoms with Crippen LogP contribution in [0.25, 0.3) is 0 Å². The molecule has 0 aromatic heterocycles. The highest BCUT2D eigenvalue weighted by Gasteiger charge is 2.31. The predicted molar refractivity (Wildman–Crippen MR) is 71.3 cm³/mol. The molecule has 0 spiro atoms. The molecule has 0 heterocycles. The minimum Gasteiger partial charge on any atom is -0.457 e. The Labute approximate surface area is 111 Å². The highest BCUT2D eigenvalue weighted by atomic mass is 16.5. The summed E-state index contributed by atoms with van der Waals surface area (Å²) in [5.74, 6) is 2.05. The molecule has 0 radical (unpaired) electrons. The van der Waals surface area contributed by atoms with Crippen molar-refractivity contribution >= 4 is 5.97 Å². The standard InChI is InChI=1S/C16H14O3/c17-16(12-6-7-12)19-15-10-8-14(9-11-15)18-13-4-2-1-3-5-13/h1-5,8-12H,6-7H2. The number of para-hydroxylation sites is 1. The van der Waals surface area contributed by atoms with E-state index in [1.54, 1.807) is 24.3 Å². The number of hydrogen-bond donors (Lipinski definition) is 0. The molecule has 0 N–H and O–H groups in total. The van der Waals surface area contributed by atoms with E-state index < -0.39 is 0 Å². The summed E-state index contributed by atoms with van der Waals surface area (Å²) in [5, 5.41) is 0. The lowest BCUT2D eigenvalue weighted by molar-refractivity contribution is -0.135. The molecular weight excluding hydrogens is 240 g/mol. The third-order valence-corrected chi connectivity index (χ3v) is 2.93. The Morgan fingerprint density at radius 1 is 0.842 bits per heavy atom. The predicted octanol–water partition coefficient (Wildman–Crippen LogP) is 3.79. The van der Waals surface area contributed by atoms with E-state index in [2.05, 4.69) is 0 Å². The topological polar surface area (TPSA) is 35.5 Å². The van der Waals surface area contributed by atoms with Crippen molar-refractivity contribution in [2.24, 2.45) is 5.92 Å². The molecule has 0 saturated heterocycles. The average Bonchev–Trinajstić information content (AvgIpc) is 3.27. The number of ether oxygens (including phenoxy) is 2. The molecule has 3 heteroatoms. The van der Waals surface area contributed by atoms with Gasteiger partial charge in [-0.25, -0.2) is 0 Å². The molecule has 96 valence electrons. The molecule has 0 aliphatic heterocycles. The van der Waals surface area contributed by atoms with Gasteiger partial charge in [0, 0.05) is 0 Å². The third kappa shape index (κ3) is 3.13. The SMILES string of the molecule is O=C(Oc1ccc(Oc2ccccc2)cc1)C1CC1. The Kier molecular flexibility index (Phi) is 3.19. The molecule has 2 aromatic carbocycles. The number of rotatable bonds is 4. The first-order chi connectivity index (χ1) is 9.31. The van der Waals surface area contributed by atoms with Gasteiger partial charge in [0.1, 0.15) is 17.2 Å². The highest BCUT2D eigenvalue weighted by Crippen LogP contribution is 2.31. The van der Waals surface area contributed by atoms with Crippen LogP contribution in [0.1, 0.15) is 12.8 Å². The Morgan fingerprint density at radius 2 is 1.42 bits per heavy atom. The van der Waals surface area contributed by atoms with E-state index in [1.165, 1.54) is 0 Å². The van der Waals surface area contributed by atoms with Crippen molar-refractivity contribution in [2.75, 3.05) is 0 Å². The second-order valence-corrected chi connectivity index (χ2v) is 4.58. The zero-order valence-electron chi connectivity index (χ0n) is 10.4. The lowest BCUT2D eigenvalue weighted by atomic mass is 10.3. The van der Waals surface area contributed by atoms with Crippen molar-refractivity contribution in [3.05, 3.63) is 54.6 Å². The molecule has 1 aliphatic carbocycles. The van der Waals surface area contributed by atoms with Crippen LogP contribution < -0.4 is 9.47 Å². The maximum absolute atomic E-state index is 11.5. The van der Waals surface area contributed by atoms with E-state index in [-0.39, 0.29) is 11.9 Å². The lowest BCUT2D eigenvalue weighted by Crippen LogP contribution is -2.09. The minimum atomic E-state index is -0.128. The van der Waals surface area contributed by atoms with E-state index in [0.717, 1.165) is 24.3 Å². The third-order valence-electron chi connectivity index (χ3n) is 2.93. The molecule has 0 atom stereocenters. The van der Waals surface area contributed by atoms with Crippen LogP contribution in [0.4, 0.5) is 0 Å². The Morgan fingerprint density at radius 3 is 2.05 bits per heavy atom. The summed E-state index contributed by atoms with van der Waals surface area (Å²) in [6.07, 6.45) is 1.90. The summed E-state index contributed by atoms with van der Waals surface area (Å²) in [6, 6.07) is 16.6. The molecule has 0 amide bonds. The van der Waals surface area contributed by atoms with Gasteiger partial charge in [-0.05, 0) is 49.2 Å². The van der Waals surface area contributed by atoms with Crippen LogP contribution in [0.3, 0.4) is 0 Å². The molecule has 1 aliphatic rings. The van der Waals surface area contributed by atoms with Gasteiger partial charge in [0.2, 0.25) is 0 Å². The molecule has 19 heavy (non-hydrogen) atoms. The van der Waals surface area contributed by atoms with Crippen LogP contribution in [0.2, 0.25) is 0 Å². The maximum atomic E-state index is 11.5. The van der Waals surface area contributed by atoms with Gasteiger partial charge in [0.05, 0.1) is 5.92 Å². The van der Waals surface area contributed by atoms with Gasteiger partial charge in [0.15, 0.2) is 0 Å². The quantitative estimate of drug-likeness (QED) is 0.615. The first-order valence-electron chi connectivity index (χ1n) is 6.36. The summed E-state index contributed by atoms with van der Waals surface area (Å²) < 4.78 is 10.9. The first-order valence-corrected chi connectivity index (χ1v) is 6.36. The smallest absolute Gasteiger partial charge is 0.314 e. The average molecular weight is 254 g/mol. The Bertz CT molecular complexity index is 556. The number of carbonyl (C=O) groups is 1. The van der Waals surface area contributed by atoms with Crippen molar-refractivity contribution in [2.45, 2.75) is 12.8 Å². The van der Waals surface area contributed by atoms with Crippen molar-refractivity contribution in [1.29, 1.82) is 0 Å². The monoisotopic (exact) mass is 254 g/mol. The molecule has 3 rings (SSSR count). The van der Waals surface area contributed by atoms with Crippen LogP contribution in [0.5, 0.6) is 17.2 Å². The molecule has 2 aromatic rings. The summed E-state index contributed by atoms with van der Waals surface area (Å²) >= 11 is 0. The fraction of sp³-hybridized carbons (Fsp3) is 0.188. The van der Waals surface area contributed by atoms with E-state index in [9.17, 15) is 4.79 Å². The first kappa shape index (κ1) is 11.8. The lowest BCUT2D eigenvalue weighted by Gasteiger charge is -2.07. The van der Waals surface area contributed by atoms with E-state index in [1.807, 2.05) is 30.3 Å². The van der Waals surface area contributed by atoms with Gasteiger partial charge >= 0.3 is 5.97 Å². The normalized spacial score (nSPS) is 13.9. The molecular formula is C16H14O3. The van der Waals surface area contributed by atoms with Crippen molar-refractivity contribution in [3.63, 3.8) is 0 Å². The Hall–Kier alpha value is -2.29.